The molecule has 0 bridgehead atoms. The zero-order valence-electron chi connectivity index (χ0n) is 7.84. The highest BCUT2D eigenvalue weighted by atomic mass is 16.6. The van der Waals surface area contributed by atoms with Gasteiger partial charge in [0.2, 0.25) is 6.04 Å². The van der Waals surface area contributed by atoms with Crippen LogP contribution in [0.4, 0.5) is 0 Å². The third-order valence-corrected chi connectivity index (χ3v) is 1.94. The maximum atomic E-state index is 11.5. The molecule has 1 atom stereocenters. The summed E-state index contributed by atoms with van der Waals surface area (Å²) in [4.78, 5) is 21.3. The van der Waals surface area contributed by atoms with Crippen molar-refractivity contribution in [3.05, 3.63) is 46.0 Å². The zero-order valence-corrected chi connectivity index (χ0v) is 7.84. The molecule has 0 unspecified atom stereocenters. The SMILES string of the molecule is C[C@@H](CC(=O)c1ccccc1)[N+](=O)[O-]. The van der Waals surface area contributed by atoms with Crippen molar-refractivity contribution < 1.29 is 9.72 Å². The summed E-state index contributed by atoms with van der Waals surface area (Å²) in [7, 11) is 0. The summed E-state index contributed by atoms with van der Waals surface area (Å²) in [5.74, 6) is -0.185. The lowest BCUT2D eigenvalue weighted by Crippen LogP contribution is -2.19. The van der Waals surface area contributed by atoms with E-state index in [4.69, 9.17) is 0 Å². The number of Topliss-reactive ketones (excluding diaryl/α,β-unsaturated/α-hetero) is 1. The van der Waals surface area contributed by atoms with Gasteiger partial charge in [-0.05, 0) is 0 Å². The number of hydrogen-bond donors (Lipinski definition) is 0. The molecule has 0 spiro atoms. The van der Waals surface area contributed by atoms with Gasteiger partial charge in [0.25, 0.3) is 0 Å². The minimum Gasteiger partial charge on any atom is -0.294 e. The van der Waals surface area contributed by atoms with E-state index >= 15 is 0 Å². The van der Waals surface area contributed by atoms with Crippen molar-refractivity contribution >= 4 is 5.78 Å². The van der Waals surface area contributed by atoms with Gasteiger partial charge in [-0.1, -0.05) is 30.3 Å². The first kappa shape index (κ1) is 10.4. The molecule has 1 aromatic carbocycles. The number of rotatable bonds is 4. The molecule has 1 aromatic rings. The van der Waals surface area contributed by atoms with Gasteiger partial charge in [0, 0.05) is 17.4 Å². The van der Waals surface area contributed by atoms with Crippen LogP contribution in [0.25, 0.3) is 0 Å². The fraction of sp³-hybridized carbons (Fsp3) is 0.300. The maximum absolute atomic E-state index is 11.5. The second-order valence-electron chi connectivity index (χ2n) is 3.13. The van der Waals surface area contributed by atoms with Gasteiger partial charge >= 0.3 is 0 Å². The number of nitrogens with zero attached hydrogens (tertiary/aromatic N) is 1. The predicted octanol–water partition coefficient (Wildman–Crippen LogP) is 1.92. The average molecular weight is 193 g/mol. The van der Waals surface area contributed by atoms with Gasteiger partial charge in [0.1, 0.15) is 0 Å². The Hall–Kier alpha value is -1.71. The van der Waals surface area contributed by atoms with Gasteiger partial charge in [-0.15, -0.1) is 0 Å². The molecular weight excluding hydrogens is 182 g/mol. The Kier molecular flexibility index (Phi) is 3.34. The lowest BCUT2D eigenvalue weighted by atomic mass is 10.1. The summed E-state index contributed by atoms with van der Waals surface area (Å²) in [6.07, 6.45) is -0.0446. The smallest absolute Gasteiger partial charge is 0.217 e. The molecule has 0 heterocycles. The van der Waals surface area contributed by atoms with Gasteiger partial charge < -0.3 is 0 Å². The summed E-state index contributed by atoms with van der Waals surface area (Å²) in [6, 6.07) is 7.79. The van der Waals surface area contributed by atoms with E-state index in [0.29, 0.717) is 5.56 Å². The summed E-state index contributed by atoms with van der Waals surface area (Å²) in [5.41, 5.74) is 0.529. The zero-order chi connectivity index (χ0) is 10.6. The average Bonchev–Trinajstić information content (AvgIpc) is 2.19. The largest absolute Gasteiger partial charge is 0.294 e. The summed E-state index contributed by atoms with van der Waals surface area (Å²) < 4.78 is 0. The molecule has 4 nitrogen and oxygen atoms in total. The molecule has 0 radical (unpaired) electrons. The normalized spacial score (nSPS) is 12.1. The van der Waals surface area contributed by atoms with Crippen molar-refractivity contribution in [2.75, 3.05) is 0 Å². The number of carbonyl (C=O) groups is 1. The molecule has 0 fully saturated rings. The molecule has 0 saturated carbocycles. The van der Waals surface area contributed by atoms with Crippen molar-refractivity contribution in [3.63, 3.8) is 0 Å². The summed E-state index contributed by atoms with van der Waals surface area (Å²) in [6.45, 7) is 1.43. The molecule has 0 N–H and O–H groups in total. The Morgan fingerprint density at radius 2 is 2.00 bits per heavy atom. The minimum absolute atomic E-state index is 0.0446. The van der Waals surface area contributed by atoms with Crippen molar-refractivity contribution in [1.82, 2.24) is 0 Å². The maximum Gasteiger partial charge on any atom is 0.217 e. The van der Waals surface area contributed by atoms with E-state index in [0.717, 1.165) is 0 Å². The molecule has 0 aromatic heterocycles. The second kappa shape index (κ2) is 4.50. The highest BCUT2D eigenvalue weighted by Crippen LogP contribution is 2.06. The van der Waals surface area contributed by atoms with Gasteiger partial charge in [-0.3, -0.25) is 14.9 Å². The van der Waals surface area contributed by atoms with Crippen LogP contribution in [0.5, 0.6) is 0 Å². The Balaban J connectivity index is 2.64. The van der Waals surface area contributed by atoms with E-state index in [1.807, 2.05) is 0 Å². The molecule has 4 heteroatoms. The van der Waals surface area contributed by atoms with Gasteiger partial charge in [-0.25, -0.2) is 0 Å². The third-order valence-electron chi connectivity index (χ3n) is 1.94. The first-order valence-electron chi connectivity index (χ1n) is 4.33. The van der Waals surface area contributed by atoms with Crippen molar-refractivity contribution in [3.8, 4) is 0 Å². The van der Waals surface area contributed by atoms with Crippen LogP contribution in [0, 0.1) is 10.1 Å². The highest BCUT2D eigenvalue weighted by molar-refractivity contribution is 5.96. The van der Waals surface area contributed by atoms with E-state index in [9.17, 15) is 14.9 Å². The molecule has 14 heavy (non-hydrogen) atoms. The van der Waals surface area contributed by atoms with Crippen LogP contribution in [0.1, 0.15) is 23.7 Å². The van der Waals surface area contributed by atoms with Crippen LogP contribution >= 0.6 is 0 Å². The predicted molar refractivity (Wildman–Crippen MR) is 51.8 cm³/mol. The summed E-state index contributed by atoms with van der Waals surface area (Å²) in [5, 5.41) is 10.3. The van der Waals surface area contributed by atoms with Crippen LogP contribution < -0.4 is 0 Å². The quantitative estimate of drug-likeness (QED) is 0.417. The van der Waals surface area contributed by atoms with Gasteiger partial charge in [0.05, 0.1) is 6.42 Å². The highest BCUT2D eigenvalue weighted by Gasteiger charge is 2.18. The van der Waals surface area contributed by atoms with Crippen molar-refractivity contribution in [1.29, 1.82) is 0 Å². The summed E-state index contributed by atoms with van der Waals surface area (Å²) >= 11 is 0. The topological polar surface area (TPSA) is 60.2 Å². The Morgan fingerprint density at radius 3 is 2.50 bits per heavy atom. The number of benzene rings is 1. The van der Waals surface area contributed by atoms with E-state index in [1.165, 1.54) is 6.92 Å². The third kappa shape index (κ3) is 2.65. The van der Waals surface area contributed by atoms with Crippen LogP contribution in [-0.4, -0.2) is 16.7 Å². The molecular formula is C10H11NO3. The number of ketones is 1. The fourth-order valence-electron chi connectivity index (χ4n) is 1.08. The Bertz CT molecular complexity index is 334. The van der Waals surface area contributed by atoms with Crippen LogP contribution in [-0.2, 0) is 0 Å². The minimum atomic E-state index is -0.817. The molecule has 0 aliphatic heterocycles. The standard InChI is InChI=1S/C10H11NO3/c1-8(11(13)14)7-10(12)9-5-3-2-4-6-9/h2-6,8H,7H2,1H3/t8-/m0/s1. The Morgan fingerprint density at radius 1 is 1.43 bits per heavy atom. The number of nitro groups is 1. The van der Waals surface area contributed by atoms with Crippen LogP contribution in [0.2, 0.25) is 0 Å². The van der Waals surface area contributed by atoms with E-state index in [2.05, 4.69) is 0 Å². The monoisotopic (exact) mass is 193 g/mol. The second-order valence-corrected chi connectivity index (χ2v) is 3.13. The van der Waals surface area contributed by atoms with Crippen molar-refractivity contribution in [2.45, 2.75) is 19.4 Å². The lowest BCUT2D eigenvalue weighted by molar-refractivity contribution is -0.516. The van der Waals surface area contributed by atoms with E-state index in [-0.39, 0.29) is 12.2 Å². The first-order chi connectivity index (χ1) is 6.61. The molecule has 0 amide bonds. The molecule has 74 valence electrons. The van der Waals surface area contributed by atoms with Crippen LogP contribution in [0.15, 0.2) is 30.3 Å². The molecule has 0 aliphatic carbocycles. The Labute approximate surface area is 81.7 Å². The molecule has 0 aliphatic rings. The van der Waals surface area contributed by atoms with E-state index in [1.54, 1.807) is 30.3 Å². The molecule has 1 rings (SSSR count). The fourth-order valence-corrected chi connectivity index (χ4v) is 1.08. The molecule has 0 saturated heterocycles. The van der Waals surface area contributed by atoms with Crippen molar-refractivity contribution in [2.24, 2.45) is 0 Å². The van der Waals surface area contributed by atoms with Crippen LogP contribution in [0.3, 0.4) is 0 Å². The number of hydrogen-bond acceptors (Lipinski definition) is 3. The lowest BCUT2D eigenvalue weighted by Gasteiger charge is -2.02. The number of carbonyl (C=O) groups excluding carboxylic acids is 1. The van der Waals surface area contributed by atoms with Gasteiger partial charge in [0.15, 0.2) is 5.78 Å². The van der Waals surface area contributed by atoms with E-state index < -0.39 is 11.0 Å². The first-order valence-corrected chi connectivity index (χ1v) is 4.33. The van der Waals surface area contributed by atoms with Gasteiger partial charge in [-0.2, -0.15) is 0 Å².